The minimum absolute atomic E-state index is 0.105. The van der Waals surface area contributed by atoms with Crippen molar-refractivity contribution in [3.8, 4) is 0 Å². The van der Waals surface area contributed by atoms with Crippen LogP contribution >= 0.6 is 11.6 Å². The summed E-state index contributed by atoms with van der Waals surface area (Å²) >= 11 is 6.10. The second-order valence-electron chi connectivity index (χ2n) is 5.78. The molecule has 0 aromatic heterocycles. The summed E-state index contributed by atoms with van der Waals surface area (Å²) in [5.74, 6) is -0.947. The van der Waals surface area contributed by atoms with Gasteiger partial charge in [-0.15, -0.1) is 0 Å². The number of nitrogens with zero attached hydrogens (tertiary/aromatic N) is 1. The molecule has 2 N–H and O–H groups in total. The smallest absolute Gasteiger partial charge is 0.321 e. The first kappa shape index (κ1) is 19.9. The number of carbonyl (C=O) groups is 2. The molecule has 0 fully saturated rings. The summed E-state index contributed by atoms with van der Waals surface area (Å²) in [4.78, 5) is 26.1. The number of hydrogen-bond donors (Lipinski definition) is 2. The first-order valence-corrected chi connectivity index (χ1v) is 8.58. The number of benzene rings is 2. The van der Waals surface area contributed by atoms with E-state index in [1.807, 2.05) is 6.07 Å². The fourth-order valence-electron chi connectivity index (χ4n) is 2.65. The molecule has 0 aliphatic rings. The van der Waals surface area contributed by atoms with Gasteiger partial charge in [0.2, 0.25) is 5.91 Å². The Balaban J connectivity index is 2.28. The average molecular weight is 378 g/mol. The lowest BCUT2D eigenvalue weighted by Crippen LogP contribution is -2.45. The zero-order valence-corrected chi connectivity index (χ0v) is 15.4. The van der Waals surface area contributed by atoms with E-state index in [1.54, 1.807) is 49.2 Å². The van der Waals surface area contributed by atoms with Gasteiger partial charge >= 0.3 is 6.03 Å². The van der Waals surface area contributed by atoms with Crippen molar-refractivity contribution in [2.45, 2.75) is 19.5 Å². The molecule has 0 spiro atoms. The lowest BCUT2D eigenvalue weighted by molar-refractivity contribution is -0.125. The van der Waals surface area contributed by atoms with Crippen molar-refractivity contribution in [1.29, 1.82) is 0 Å². The van der Waals surface area contributed by atoms with E-state index in [0.29, 0.717) is 17.7 Å². The molecule has 0 heterocycles. The molecule has 0 saturated carbocycles. The second-order valence-corrected chi connectivity index (χ2v) is 6.18. The van der Waals surface area contributed by atoms with Gasteiger partial charge in [0.05, 0.1) is 0 Å². The van der Waals surface area contributed by atoms with Gasteiger partial charge in [-0.1, -0.05) is 48.0 Å². The third-order valence-electron chi connectivity index (χ3n) is 3.85. The first-order chi connectivity index (χ1) is 12.4. The quantitative estimate of drug-likeness (QED) is 0.810. The van der Waals surface area contributed by atoms with Crippen LogP contribution in [0.25, 0.3) is 0 Å². The van der Waals surface area contributed by atoms with Crippen molar-refractivity contribution < 1.29 is 14.0 Å². The number of rotatable bonds is 6. The second kappa shape index (κ2) is 9.31. The predicted octanol–water partition coefficient (Wildman–Crippen LogP) is 3.50. The predicted molar refractivity (Wildman–Crippen MR) is 99.3 cm³/mol. The first-order valence-electron chi connectivity index (χ1n) is 8.20. The zero-order chi connectivity index (χ0) is 19.1. The van der Waals surface area contributed by atoms with Crippen LogP contribution in [-0.2, 0) is 11.3 Å². The number of carbonyl (C=O) groups excluding carboxylic acids is 2. The SMILES string of the molecule is CCNC(=O)NC(=O)[C@@H](c1ccccc1)N(C)Cc1c(F)cccc1Cl. The van der Waals surface area contributed by atoms with Crippen molar-refractivity contribution >= 4 is 23.5 Å². The van der Waals surface area contributed by atoms with E-state index in [4.69, 9.17) is 11.6 Å². The number of halogens is 2. The molecular weight excluding hydrogens is 357 g/mol. The maximum absolute atomic E-state index is 14.1. The van der Waals surface area contributed by atoms with Crippen molar-refractivity contribution in [2.24, 2.45) is 0 Å². The molecule has 26 heavy (non-hydrogen) atoms. The van der Waals surface area contributed by atoms with Crippen LogP contribution in [0.15, 0.2) is 48.5 Å². The van der Waals surface area contributed by atoms with Crippen LogP contribution in [0.4, 0.5) is 9.18 Å². The molecule has 2 rings (SSSR count). The van der Waals surface area contributed by atoms with Crippen LogP contribution in [0.3, 0.4) is 0 Å². The normalized spacial score (nSPS) is 11.9. The monoisotopic (exact) mass is 377 g/mol. The van der Waals surface area contributed by atoms with E-state index in [9.17, 15) is 14.0 Å². The van der Waals surface area contributed by atoms with Gasteiger partial charge in [0.15, 0.2) is 0 Å². The molecular formula is C19H21ClFN3O2. The number of imide groups is 1. The van der Waals surface area contributed by atoms with E-state index in [-0.39, 0.29) is 11.6 Å². The van der Waals surface area contributed by atoms with Gasteiger partial charge in [-0.2, -0.15) is 0 Å². The molecule has 0 saturated heterocycles. The lowest BCUT2D eigenvalue weighted by atomic mass is 10.0. The molecule has 0 aliphatic heterocycles. The van der Waals surface area contributed by atoms with Crippen LogP contribution in [0.2, 0.25) is 5.02 Å². The molecule has 138 valence electrons. The molecule has 0 radical (unpaired) electrons. The molecule has 1 atom stereocenters. The van der Waals surface area contributed by atoms with Crippen LogP contribution in [-0.4, -0.2) is 30.4 Å². The number of hydrogen-bond acceptors (Lipinski definition) is 3. The fraction of sp³-hybridized carbons (Fsp3) is 0.263. The van der Waals surface area contributed by atoms with Crippen molar-refractivity contribution in [3.63, 3.8) is 0 Å². The van der Waals surface area contributed by atoms with Crippen LogP contribution in [0.1, 0.15) is 24.1 Å². The number of likely N-dealkylation sites (N-methyl/N-ethyl adjacent to an activating group) is 1. The molecule has 7 heteroatoms. The zero-order valence-electron chi connectivity index (χ0n) is 14.6. The highest BCUT2D eigenvalue weighted by Crippen LogP contribution is 2.26. The Bertz CT molecular complexity index is 750. The Kier molecular flexibility index (Phi) is 7.12. The summed E-state index contributed by atoms with van der Waals surface area (Å²) in [7, 11) is 1.68. The van der Waals surface area contributed by atoms with Crippen molar-refractivity contribution in [3.05, 3.63) is 70.5 Å². The Morgan fingerprint density at radius 3 is 2.46 bits per heavy atom. The minimum atomic E-state index is -0.783. The standard InChI is InChI=1S/C19H21ClFN3O2/c1-3-22-19(26)23-18(25)17(13-8-5-4-6-9-13)24(2)12-14-15(20)10-7-11-16(14)21/h4-11,17H,3,12H2,1-2H3,(H2,22,23,25,26)/t17-/m1/s1. The molecule has 2 aromatic rings. The number of nitrogens with one attached hydrogen (secondary N) is 2. The van der Waals surface area contributed by atoms with Crippen LogP contribution < -0.4 is 10.6 Å². The Morgan fingerprint density at radius 2 is 1.85 bits per heavy atom. The molecule has 3 amide bonds. The Hall–Kier alpha value is -2.44. The topological polar surface area (TPSA) is 61.4 Å². The lowest BCUT2D eigenvalue weighted by Gasteiger charge is -2.27. The summed E-state index contributed by atoms with van der Waals surface area (Å²) in [6, 6.07) is 12.1. The van der Waals surface area contributed by atoms with E-state index in [2.05, 4.69) is 10.6 Å². The van der Waals surface area contributed by atoms with Gasteiger partial charge in [-0.3, -0.25) is 15.0 Å². The summed E-state index contributed by atoms with van der Waals surface area (Å²) < 4.78 is 14.1. The third kappa shape index (κ3) is 5.03. The summed E-state index contributed by atoms with van der Waals surface area (Å²) in [5.41, 5.74) is 0.979. The van der Waals surface area contributed by atoms with Gasteiger partial charge in [0.1, 0.15) is 11.9 Å². The Morgan fingerprint density at radius 1 is 1.15 bits per heavy atom. The molecule has 5 nitrogen and oxygen atoms in total. The highest BCUT2D eigenvalue weighted by molar-refractivity contribution is 6.31. The Labute approximate surface area is 157 Å². The van der Waals surface area contributed by atoms with E-state index >= 15 is 0 Å². The fourth-order valence-corrected chi connectivity index (χ4v) is 2.87. The number of amides is 3. The summed E-state index contributed by atoms with van der Waals surface area (Å²) in [6.45, 7) is 2.26. The van der Waals surface area contributed by atoms with Gasteiger partial charge in [-0.25, -0.2) is 9.18 Å². The summed E-state index contributed by atoms with van der Waals surface area (Å²) in [5, 5.41) is 5.12. The van der Waals surface area contributed by atoms with Gasteiger partial charge in [-0.05, 0) is 31.7 Å². The summed E-state index contributed by atoms with van der Waals surface area (Å²) in [6.07, 6.45) is 0. The van der Waals surface area contributed by atoms with Gasteiger partial charge in [0, 0.05) is 23.7 Å². The largest absolute Gasteiger partial charge is 0.338 e. The van der Waals surface area contributed by atoms with Crippen molar-refractivity contribution in [2.75, 3.05) is 13.6 Å². The number of urea groups is 1. The molecule has 0 aliphatic carbocycles. The highest BCUT2D eigenvalue weighted by atomic mass is 35.5. The third-order valence-corrected chi connectivity index (χ3v) is 4.20. The maximum Gasteiger partial charge on any atom is 0.321 e. The average Bonchev–Trinajstić information content (AvgIpc) is 2.59. The van der Waals surface area contributed by atoms with Crippen molar-refractivity contribution in [1.82, 2.24) is 15.5 Å². The highest BCUT2D eigenvalue weighted by Gasteiger charge is 2.27. The molecule has 0 bridgehead atoms. The minimum Gasteiger partial charge on any atom is -0.338 e. The van der Waals surface area contributed by atoms with E-state index in [1.165, 1.54) is 12.1 Å². The maximum atomic E-state index is 14.1. The molecule has 2 aromatic carbocycles. The van der Waals surface area contributed by atoms with E-state index in [0.717, 1.165) is 0 Å². The van der Waals surface area contributed by atoms with E-state index < -0.39 is 23.8 Å². The van der Waals surface area contributed by atoms with Gasteiger partial charge in [0.25, 0.3) is 0 Å². The van der Waals surface area contributed by atoms with Crippen LogP contribution in [0.5, 0.6) is 0 Å². The van der Waals surface area contributed by atoms with Crippen LogP contribution in [0, 0.1) is 5.82 Å². The van der Waals surface area contributed by atoms with Gasteiger partial charge < -0.3 is 5.32 Å². The molecule has 0 unspecified atom stereocenters.